The Morgan fingerprint density at radius 1 is 1.71 bits per heavy atom. The predicted molar refractivity (Wildman–Crippen MR) is 24.3 cm³/mol. The first-order valence-corrected chi connectivity index (χ1v) is 3.58. The van der Waals surface area contributed by atoms with E-state index in [9.17, 15) is 4.57 Å². The second kappa shape index (κ2) is 2.43. The van der Waals surface area contributed by atoms with Crippen molar-refractivity contribution in [1.82, 2.24) is 0 Å². The Kier molecular flexibility index (Phi) is 2.46. The summed E-state index contributed by atoms with van der Waals surface area (Å²) < 4.78 is 17.8. The fourth-order valence-electron chi connectivity index (χ4n) is 0.0333. The zero-order chi connectivity index (χ0) is 5.91. The molecule has 0 spiro atoms. The Bertz CT molecular complexity index is 81.7. The van der Waals surface area contributed by atoms with Crippen molar-refractivity contribution >= 4 is 7.60 Å². The van der Waals surface area contributed by atoms with Gasteiger partial charge in [0.05, 0.1) is 0 Å². The molecule has 7 heavy (non-hydrogen) atoms. The Morgan fingerprint density at radius 2 is 2.14 bits per heavy atom. The average Bonchev–Trinajstić information content (AvgIpc) is 1.68. The summed E-state index contributed by atoms with van der Waals surface area (Å²) in [6, 6.07) is 0. The van der Waals surface area contributed by atoms with Gasteiger partial charge in [-0.25, -0.2) is 5.26 Å². The van der Waals surface area contributed by atoms with Gasteiger partial charge in [0.2, 0.25) is 0 Å². The lowest BCUT2D eigenvalue weighted by molar-refractivity contribution is -0.146. The van der Waals surface area contributed by atoms with Gasteiger partial charge in [0.15, 0.2) is 0 Å². The third-order valence-corrected chi connectivity index (χ3v) is 1.44. The Balaban J connectivity index is 3.61. The second-order valence-corrected chi connectivity index (χ2v) is 3.11. The SMILES string of the molecule is COP(C)(=O)OO. The standard InChI is InChI=1S/C2H7O4P/c1-5-7(2,4)6-3/h3H,1-2H3. The number of hydrogen-bond donors (Lipinski definition) is 1. The fourth-order valence-corrected chi connectivity index (χ4v) is 0.100. The molecule has 0 aromatic carbocycles. The van der Waals surface area contributed by atoms with Crippen molar-refractivity contribution < 1.29 is 19.0 Å². The van der Waals surface area contributed by atoms with Crippen LogP contribution in [0, 0.1) is 0 Å². The summed E-state index contributed by atoms with van der Waals surface area (Å²) in [5, 5.41) is 7.71. The first-order chi connectivity index (χ1) is 3.12. The molecule has 0 radical (unpaired) electrons. The topological polar surface area (TPSA) is 55.8 Å². The highest BCUT2D eigenvalue weighted by Crippen LogP contribution is 2.40. The van der Waals surface area contributed by atoms with Gasteiger partial charge < -0.3 is 4.52 Å². The smallest absolute Gasteiger partial charge is 0.311 e. The highest BCUT2D eigenvalue weighted by Gasteiger charge is 2.11. The summed E-state index contributed by atoms with van der Waals surface area (Å²) >= 11 is 0. The van der Waals surface area contributed by atoms with E-state index >= 15 is 0 Å². The van der Waals surface area contributed by atoms with Crippen molar-refractivity contribution in [2.24, 2.45) is 0 Å². The monoisotopic (exact) mass is 126 g/mol. The predicted octanol–water partition coefficient (Wildman–Crippen LogP) is 0.945. The summed E-state index contributed by atoms with van der Waals surface area (Å²) in [7, 11) is -1.91. The van der Waals surface area contributed by atoms with E-state index in [1.165, 1.54) is 7.11 Å². The zero-order valence-corrected chi connectivity index (χ0v) is 5.01. The molecule has 0 aromatic rings. The van der Waals surface area contributed by atoms with Crippen LogP contribution in [-0.2, 0) is 13.8 Å². The minimum atomic E-state index is -3.10. The van der Waals surface area contributed by atoms with Crippen LogP contribution in [0.15, 0.2) is 0 Å². The molecule has 0 fully saturated rings. The van der Waals surface area contributed by atoms with Crippen LogP contribution in [0.2, 0.25) is 0 Å². The van der Waals surface area contributed by atoms with Gasteiger partial charge in [-0.1, -0.05) is 0 Å². The molecule has 1 unspecified atom stereocenters. The quantitative estimate of drug-likeness (QED) is 0.340. The molecule has 0 aliphatic carbocycles. The van der Waals surface area contributed by atoms with E-state index in [1.54, 1.807) is 0 Å². The molecule has 4 nitrogen and oxygen atoms in total. The fraction of sp³-hybridized carbons (Fsp3) is 1.00. The Morgan fingerprint density at radius 3 is 2.14 bits per heavy atom. The molecule has 0 aliphatic rings. The van der Waals surface area contributed by atoms with Gasteiger partial charge in [-0.15, -0.1) is 0 Å². The summed E-state index contributed by atoms with van der Waals surface area (Å²) in [4.78, 5) is 0. The van der Waals surface area contributed by atoms with Crippen molar-refractivity contribution in [2.75, 3.05) is 13.8 Å². The maximum atomic E-state index is 10.3. The van der Waals surface area contributed by atoms with Crippen molar-refractivity contribution in [3.63, 3.8) is 0 Å². The highest BCUT2D eigenvalue weighted by molar-refractivity contribution is 7.52. The molecule has 0 heterocycles. The normalized spacial score (nSPS) is 18.7. The maximum Gasteiger partial charge on any atom is 0.354 e. The van der Waals surface area contributed by atoms with Crippen LogP contribution < -0.4 is 0 Å². The number of rotatable bonds is 2. The van der Waals surface area contributed by atoms with E-state index in [-0.39, 0.29) is 0 Å². The van der Waals surface area contributed by atoms with E-state index in [4.69, 9.17) is 5.26 Å². The summed E-state index contributed by atoms with van der Waals surface area (Å²) in [5.74, 6) is 0. The lowest BCUT2D eigenvalue weighted by Gasteiger charge is -2.01. The highest BCUT2D eigenvalue weighted by atomic mass is 31.2. The molecular formula is C2H7O4P. The first-order valence-electron chi connectivity index (χ1n) is 1.59. The molecule has 5 heteroatoms. The van der Waals surface area contributed by atoms with Crippen LogP contribution in [0.1, 0.15) is 0 Å². The molecule has 0 aromatic heterocycles. The Hall–Kier alpha value is 0.110. The van der Waals surface area contributed by atoms with Crippen molar-refractivity contribution in [2.45, 2.75) is 0 Å². The molecular weight excluding hydrogens is 119 g/mol. The van der Waals surface area contributed by atoms with Crippen molar-refractivity contribution in [3.8, 4) is 0 Å². The van der Waals surface area contributed by atoms with E-state index in [0.717, 1.165) is 6.66 Å². The van der Waals surface area contributed by atoms with Gasteiger partial charge in [-0.2, -0.15) is 4.67 Å². The molecule has 0 bridgehead atoms. The molecule has 0 amide bonds. The molecule has 1 N–H and O–H groups in total. The van der Waals surface area contributed by atoms with Gasteiger partial charge in [0, 0.05) is 13.8 Å². The third-order valence-electron chi connectivity index (χ3n) is 0.480. The lowest BCUT2D eigenvalue weighted by atomic mass is 11.8. The van der Waals surface area contributed by atoms with E-state index in [1.807, 2.05) is 0 Å². The third kappa shape index (κ3) is 2.76. The second-order valence-electron chi connectivity index (χ2n) is 1.04. The maximum absolute atomic E-state index is 10.3. The summed E-state index contributed by atoms with van der Waals surface area (Å²) in [6.45, 7) is 1.16. The average molecular weight is 126 g/mol. The van der Waals surface area contributed by atoms with Gasteiger partial charge in [0.25, 0.3) is 0 Å². The lowest BCUT2D eigenvalue weighted by Crippen LogP contribution is -1.83. The molecule has 1 atom stereocenters. The van der Waals surface area contributed by atoms with Gasteiger partial charge in [-0.3, -0.25) is 4.57 Å². The van der Waals surface area contributed by atoms with Gasteiger partial charge in [-0.05, 0) is 0 Å². The Labute approximate surface area is 41.5 Å². The molecule has 0 saturated heterocycles. The summed E-state index contributed by atoms with van der Waals surface area (Å²) in [5.41, 5.74) is 0. The van der Waals surface area contributed by atoms with Crippen LogP contribution in [0.4, 0.5) is 0 Å². The minimum Gasteiger partial charge on any atom is -0.311 e. The van der Waals surface area contributed by atoms with Crippen LogP contribution in [0.5, 0.6) is 0 Å². The summed E-state index contributed by atoms with van der Waals surface area (Å²) in [6.07, 6.45) is 0. The van der Waals surface area contributed by atoms with E-state index in [2.05, 4.69) is 9.20 Å². The largest absolute Gasteiger partial charge is 0.354 e. The van der Waals surface area contributed by atoms with Crippen LogP contribution >= 0.6 is 7.60 Å². The van der Waals surface area contributed by atoms with Gasteiger partial charge in [0.1, 0.15) is 0 Å². The minimum absolute atomic E-state index is 1.16. The van der Waals surface area contributed by atoms with Crippen LogP contribution in [0.25, 0.3) is 0 Å². The van der Waals surface area contributed by atoms with E-state index in [0.29, 0.717) is 0 Å². The van der Waals surface area contributed by atoms with Crippen LogP contribution in [-0.4, -0.2) is 19.0 Å². The van der Waals surface area contributed by atoms with E-state index < -0.39 is 7.60 Å². The molecule has 0 aliphatic heterocycles. The molecule has 0 saturated carbocycles. The molecule has 0 rings (SSSR count). The number of hydrogen-bond acceptors (Lipinski definition) is 4. The van der Waals surface area contributed by atoms with Crippen LogP contribution in [0.3, 0.4) is 0 Å². The molecule has 44 valence electrons. The van der Waals surface area contributed by atoms with Gasteiger partial charge >= 0.3 is 7.60 Å². The van der Waals surface area contributed by atoms with Crippen molar-refractivity contribution in [3.05, 3.63) is 0 Å². The first kappa shape index (κ1) is 7.11. The zero-order valence-electron chi connectivity index (χ0n) is 4.12. The van der Waals surface area contributed by atoms with Crippen molar-refractivity contribution in [1.29, 1.82) is 0 Å².